The summed E-state index contributed by atoms with van der Waals surface area (Å²) in [6.45, 7) is 1.79. The Balaban J connectivity index is 3.20. The molecule has 0 bridgehead atoms. The lowest BCUT2D eigenvalue weighted by atomic mass is 9.79. The highest BCUT2D eigenvalue weighted by Gasteiger charge is 2.15. The van der Waals surface area contributed by atoms with E-state index in [2.05, 4.69) is 0 Å². The van der Waals surface area contributed by atoms with E-state index in [1.54, 1.807) is 13.0 Å². The zero-order valence-electron chi connectivity index (χ0n) is 7.41. The Morgan fingerprint density at radius 1 is 1.38 bits per heavy atom. The normalized spacial score (nSPS) is 9.92. The highest BCUT2D eigenvalue weighted by Crippen LogP contribution is 2.26. The fourth-order valence-electron chi connectivity index (χ4n) is 1.17. The van der Waals surface area contributed by atoms with Crippen LogP contribution in [0.3, 0.4) is 0 Å². The van der Waals surface area contributed by atoms with Gasteiger partial charge >= 0.3 is 7.12 Å². The van der Waals surface area contributed by atoms with Crippen molar-refractivity contribution in [3.63, 3.8) is 0 Å². The molecule has 0 aromatic heterocycles. The van der Waals surface area contributed by atoms with Crippen LogP contribution >= 0.6 is 11.6 Å². The first-order chi connectivity index (χ1) is 6.06. The zero-order valence-corrected chi connectivity index (χ0v) is 8.17. The predicted octanol–water partition coefficient (Wildman–Crippen LogP) is 0.337. The van der Waals surface area contributed by atoms with Crippen LogP contribution in [0.15, 0.2) is 12.1 Å². The average Bonchev–Trinajstić information content (AvgIpc) is 2.03. The van der Waals surface area contributed by atoms with Crippen LogP contribution in [0.25, 0.3) is 0 Å². The number of ether oxygens (including phenoxy) is 1. The lowest BCUT2D eigenvalue weighted by Gasteiger charge is -2.09. The van der Waals surface area contributed by atoms with Crippen molar-refractivity contribution in [1.29, 1.82) is 0 Å². The van der Waals surface area contributed by atoms with Crippen LogP contribution in [-0.2, 0) is 0 Å². The van der Waals surface area contributed by atoms with E-state index in [1.165, 1.54) is 13.2 Å². The van der Waals surface area contributed by atoms with Crippen LogP contribution < -0.4 is 10.2 Å². The van der Waals surface area contributed by atoms with Crippen molar-refractivity contribution in [2.75, 3.05) is 7.11 Å². The molecule has 0 aliphatic rings. The summed E-state index contributed by atoms with van der Waals surface area (Å²) in [5.41, 5.74) is 1.14. The molecule has 0 radical (unpaired) electrons. The predicted molar refractivity (Wildman–Crippen MR) is 52.6 cm³/mol. The Morgan fingerprint density at radius 3 is 2.38 bits per heavy atom. The third kappa shape index (κ3) is 2.15. The minimum absolute atomic E-state index is 0.364. The van der Waals surface area contributed by atoms with Crippen molar-refractivity contribution in [3.8, 4) is 5.75 Å². The Kier molecular flexibility index (Phi) is 3.19. The lowest BCUT2D eigenvalue weighted by Crippen LogP contribution is -2.30. The standard InChI is InChI=1S/C8H10BClO3/c1-5-3-6(9(11)12)4-7(10)8(5)13-2/h3-4,11-12H,1-2H3. The molecule has 5 heteroatoms. The molecule has 0 heterocycles. The summed E-state index contributed by atoms with van der Waals surface area (Å²) >= 11 is 5.83. The number of hydrogen-bond donors (Lipinski definition) is 2. The summed E-state index contributed by atoms with van der Waals surface area (Å²) in [4.78, 5) is 0. The van der Waals surface area contributed by atoms with Crippen LogP contribution in [0.5, 0.6) is 5.75 Å². The van der Waals surface area contributed by atoms with Gasteiger partial charge in [0.05, 0.1) is 12.1 Å². The SMILES string of the molecule is COc1c(C)cc(B(O)O)cc1Cl. The first-order valence-electron chi connectivity index (χ1n) is 3.76. The van der Waals surface area contributed by atoms with Crippen LogP contribution in [0.4, 0.5) is 0 Å². The molecule has 1 rings (SSSR count). The van der Waals surface area contributed by atoms with Crippen molar-refractivity contribution in [2.45, 2.75) is 6.92 Å². The van der Waals surface area contributed by atoms with Gasteiger partial charge in [0.2, 0.25) is 0 Å². The van der Waals surface area contributed by atoms with E-state index in [1.807, 2.05) is 0 Å². The molecule has 2 N–H and O–H groups in total. The first-order valence-corrected chi connectivity index (χ1v) is 4.14. The van der Waals surface area contributed by atoms with Gasteiger partial charge in [-0.25, -0.2) is 0 Å². The second-order valence-corrected chi connectivity index (χ2v) is 3.13. The van der Waals surface area contributed by atoms with Crippen molar-refractivity contribution >= 4 is 24.2 Å². The molecule has 13 heavy (non-hydrogen) atoms. The fourth-order valence-corrected chi connectivity index (χ4v) is 1.52. The van der Waals surface area contributed by atoms with Crippen LogP contribution in [-0.4, -0.2) is 24.3 Å². The summed E-state index contributed by atoms with van der Waals surface area (Å²) in [5.74, 6) is 0.561. The van der Waals surface area contributed by atoms with Crippen LogP contribution in [0.1, 0.15) is 5.56 Å². The maximum atomic E-state index is 8.89. The van der Waals surface area contributed by atoms with Gasteiger partial charge in [-0.1, -0.05) is 17.7 Å². The molecule has 1 aromatic rings. The molecule has 70 valence electrons. The molecule has 1 aromatic carbocycles. The molecule has 0 unspecified atom stereocenters. The van der Waals surface area contributed by atoms with Crippen molar-refractivity contribution < 1.29 is 14.8 Å². The summed E-state index contributed by atoms with van der Waals surface area (Å²) in [6.07, 6.45) is 0. The Morgan fingerprint density at radius 2 is 2.00 bits per heavy atom. The van der Waals surface area contributed by atoms with E-state index in [0.717, 1.165) is 5.56 Å². The maximum Gasteiger partial charge on any atom is 0.488 e. The third-order valence-electron chi connectivity index (χ3n) is 1.75. The highest BCUT2D eigenvalue weighted by molar-refractivity contribution is 6.59. The van der Waals surface area contributed by atoms with E-state index < -0.39 is 7.12 Å². The fraction of sp³-hybridized carbons (Fsp3) is 0.250. The van der Waals surface area contributed by atoms with Gasteiger partial charge in [0.1, 0.15) is 5.75 Å². The molecular weight excluding hydrogens is 190 g/mol. The van der Waals surface area contributed by atoms with Gasteiger partial charge in [0.25, 0.3) is 0 Å². The van der Waals surface area contributed by atoms with E-state index in [9.17, 15) is 0 Å². The molecule has 0 aliphatic carbocycles. The van der Waals surface area contributed by atoms with E-state index >= 15 is 0 Å². The smallest absolute Gasteiger partial charge is 0.488 e. The number of halogens is 1. The number of aryl methyl sites for hydroxylation is 1. The van der Waals surface area contributed by atoms with Gasteiger partial charge in [-0.05, 0) is 24.0 Å². The molecule has 0 saturated heterocycles. The summed E-state index contributed by atoms with van der Waals surface area (Å²) in [5, 5.41) is 18.2. The summed E-state index contributed by atoms with van der Waals surface area (Å²) < 4.78 is 5.02. The van der Waals surface area contributed by atoms with Crippen LogP contribution in [0, 0.1) is 6.92 Å². The second kappa shape index (κ2) is 4.00. The molecular formula is C8H10BClO3. The van der Waals surface area contributed by atoms with Crippen LogP contribution in [0.2, 0.25) is 5.02 Å². The number of benzene rings is 1. The molecule has 3 nitrogen and oxygen atoms in total. The summed E-state index contributed by atoms with van der Waals surface area (Å²) in [7, 11) is 0.0191. The minimum atomic E-state index is -1.50. The molecule has 0 saturated carbocycles. The van der Waals surface area contributed by atoms with Crippen molar-refractivity contribution in [3.05, 3.63) is 22.7 Å². The van der Waals surface area contributed by atoms with Gasteiger partial charge in [0.15, 0.2) is 0 Å². The van der Waals surface area contributed by atoms with Gasteiger partial charge in [0, 0.05) is 0 Å². The number of rotatable bonds is 2. The zero-order chi connectivity index (χ0) is 10.0. The molecule has 0 amide bonds. The Labute approximate surface area is 82.1 Å². The molecule has 0 aliphatic heterocycles. The largest absolute Gasteiger partial charge is 0.495 e. The Hall–Kier alpha value is -0.705. The topological polar surface area (TPSA) is 49.7 Å². The quantitative estimate of drug-likeness (QED) is 0.677. The van der Waals surface area contributed by atoms with Gasteiger partial charge < -0.3 is 14.8 Å². The Bertz CT molecular complexity index is 291. The highest BCUT2D eigenvalue weighted by atomic mass is 35.5. The summed E-state index contributed by atoms with van der Waals surface area (Å²) in [6, 6.07) is 3.09. The van der Waals surface area contributed by atoms with Gasteiger partial charge in [-0.3, -0.25) is 0 Å². The lowest BCUT2D eigenvalue weighted by molar-refractivity contribution is 0.411. The molecule has 0 spiro atoms. The first kappa shape index (κ1) is 10.4. The second-order valence-electron chi connectivity index (χ2n) is 2.73. The van der Waals surface area contributed by atoms with E-state index in [4.69, 9.17) is 26.4 Å². The molecule has 0 atom stereocenters. The van der Waals surface area contributed by atoms with E-state index in [-0.39, 0.29) is 0 Å². The maximum absolute atomic E-state index is 8.89. The number of methoxy groups -OCH3 is 1. The number of hydrogen-bond acceptors (Lipinski definition) is 3. The van der Waals surface area contributed by atoms with Crippen molar-refractivity contribution in [2.24, 2.45) is 0 Å². The minimum Gasteiger partial charge on any atom is -0.495 e. The molecule has 0 fully saturated rings. The van der Waals surface area contributed by atoms with Gasteiger partial charge in [-0.15, -0.1) is 0 Å². The third-order valence-corrected chi connectivity index (χ3v) is 2.03. The van der Waals surface area contributed by atoms with E-state index in [0.29, 0.717) is 16.2 Å². The van der Waals surface area contributed by atoms with Crippen molar-refractivity contribution in [1.82, 2.24) is 0 Å². The average molecular weight is 200 g/mol. The van der Waals surface area contributed by atoms with Gasteiger partial charge in [-0.2, -0.15) is 0 Å². The monoisotopic (exact) mass is 200 g/mol.